The van der Waals surface area contributed by atoms with Crippen LogP contribution in [0.3, 0.4) is 0 Å². The smallest absolute Gasteiger partial charge is 0.173 e. The molecule has 98 valence electrons. The Balaban J connectivity index is 2.27. The van der Waals surface area contributed by atoms with E-state index in [1.54, 1.807) is 6.20 Å². The van der Waals surface area contributed by atoms with Crippen LogP contribution in [0.1, 0.15) is 18.4 Å². The maximum atomic E-state index is 8.94. The van der Waals surface area contributed by atoms with Gasteiger partial charge in [0.15, 0.2) is 5.84 Å². The number of hydrogen-bond acceptors (Lipinski definition) is 4. The molecule has 1 aliphatic rings. The molecule has 0 atom stereocenters. The first-order chi connectivity index (χ1) is 9.22. The average Bonchev–Trinajstić information content (AvgIpc) is 3.29. The van der Waals surface area contributed by atoms with E-state index in [9.17, 15) is 0 Å². The van der Waals surface area contributed by atoms with Gasteiger partial charge in [-0.3, -0.25) is 4.98 Å². The molecule has 0 unspecified atom stereocenters. The van der Waals surface area contributed by atoms with E-state index in [4.69, 9.17) is 10.9 Å². The van der Waals surface area contributed by atoms with Gasteiger partial charge in [0.05, 0.1) is 16.8 Å². The second-order valence-electron chi connectivity index (χ2n) is 4.86. The number of para-hydroxylation sites is 1. The fourth-order valence-electron chi connectivity index (χ4n) is 2.39. The Morgan fingerprint density at radius 3 is 2.84 bits per heavy atom. The van der Waals surface area contributed by atoms with E-state index >= 15 is 0 Å². The zero-order valence-corrected chi connectivity index (χ0v) is 10.7. The highest BCUT2D eigenvalue weighted by molar-refractivity contribution is 6.08. The average molecular weight is 256 g/mol. The second-order valence-corrected chi connectivity index (χ2v) is 4.86. The summed E-state index contributed by atoms with van der Waals surface area (Å²) in [7, 11) is 2.05. The van der Waals surface area contributed by atoms with Crippen molar-refractivity contribution in [2.24, 2.45) is 10.9 Å². The number of fused-ring (bicyclic) bond motifs is 1. The zero-order valence-electron chi connectivity index (χ0n) is 10.7. The quantitative estimate of drug-likeness (QED) is 0.381. The molecule has 1 saturated carbocycles. The van der Waals surface area contributed by atoms with Gasteiger partial charge in [-0.2, -0.15) is 0 Å². The van der Waals surface area contributed by atoms with Crippen LogP contribution in [0.5, 0.6) is 0 Å². The maximum Gasteiger partial charge on any atom is 0.173 e. The molecule has 0 saturated heterocycles. The second kappa shape index (κ2) is 4.42. The number of oxime groups is 1. The molecule has 3 rings (SSSR count). The van der Waals surface area contributed by atoms with Gasteiger partial charge in [0.1, 0.15) is 0 Å². The highest BCUT2D eigenvalue weighted by Gasteiger charge is 2.29. The summed E-state index contributed by atoms with van der Waals surface area (Å²) in [6.07, 6.45) is 4.04. The Hall–Kier alpha value is -2.30. The fraction of sp³-hybridized carbons (Fsp3) is 0.286. The number of rotatable bonds is 3. The van der Waals surface area contributed by atoms with Crippen molar-refractivity contribution in [1.82, 2.24) is 4.98 Å². The molecular formula is C14H16N4O. The number of benzene rings is 1. The van der Waals surface area contributed by atoms with Gasteiger partial charge in [-0.05, 0) is 18.9 Å². The first kappa shape index (κ1) is 11.8. The third-order valence-corrected chi connectivity index (χ3v) is 3.58. The lowest BCUT2D eigenvalue weighted by molar-refractivity contribution is 0.318. The van der Waals surface area contributed by atoms with Gasteiger partial charge in [-0.1, -0.05) is 23.4 Å². The van der Waals surface area contributed by atoms with Gasteiger partial charge < -0.3 is 15.8 Å². The van der Waals surface area contributed by atoms with E-state index in [1.165, 1.54) is 12.8 Å². The first-order valence-electron chi connectivity index (χ1n) is 6.31. The van der Waals surface area contributed by atoms with Gasteiger partial charge in [-0.15, -0.1) is 0 Å². The lowest BCUT2D eigenvalue weighted by Gasteiger charge is -2.23. The predicted molar refractivity (Wildman–Crippen MR) is 75.7 cm³/mol. The van der Waals surface area contributed by atoms with Crippen molar-refractivity contribution in [1.29, 1.82) is 0 Å². The van der Waals surface area contributed by atoms with Gasteiger partial charge >= 0.3 is 0 Å². The summed E-state index contributed by atoms with van der Waals surface area (Å²) in [6.45, 7) is 0. The summed E-state index contributed by atoms with van der Waals surface area (Å²) in [4.78, 5) is 6.58. The van der Waals surface area contributed by atoms with Gasteiger partial charge in [0, 0.05) is 24.7 Å². The molecule has 0 amide bonds. The van der Waals surface area contributed by atoms with Gasteiger partial charge in [-0.25, -0.2) is 0 Å². The van der Waals surface area contributed by atoms with Crippen molar-refractivity contribution in [3.8, 4) is 0 Å². The number of hydrogen-bond donors (Lipinski definition) is 2. The number of amidine groups is 1. The van der Waals surface area contributed by atoms with E-state index in [1.807, 2.05) is 31.3 Å². The largest absolute Gasteiger partial charge is 0.409 e. The van der Waals surface area contributed by atoms with Crippen molar-refractivity contribution < 1.29 is 5.21 Å². The van der Waals surface area contributed by atoms with Gasteiger partial charge in [0.2, 0.25) is 0 Å². The van der Waals surface area contributed by atoms with Crippen LogP contribution in [0.2, 0.25) is 0 Å². The molecular weight excluding hydrogens is 240 g/mol. The molecule has 0 aliphatic heterocycles. The third-order valence-electron chi connectivity index (χ3n) is 3.58. The third kappa shape index (κ3) is 1.97. The molecule has 0 bridgehead atoms. The van der Waals surface area contributed by atoms with Crippen LogP contribution >= 0.6 is 0 Å². The Kier molecular flexibility index (Phi) is 2.74. The van der Waals surface area contributed by atoms with E-state index in [0.717, 1.165) is 16.6 Å². The lowest BCUT2D eigenvalue weighted by atomic mass is 10.1. The van der Waals surface area contributed by atoms with Crippen LogP contribution in [0.4, 0.5) is 5.69 Å². The van der Waals surface area contributed by atoms with Crippen LogP contribution in [0.25, 0.3) is 10.9 Å². The monoisotopic (exact) mass is 256 g/mol. The minimum atomic E-state index is 0.0979. The summed E-state index contributed by atoms with van der Waals surface area (Å²) >= 11 is 0. The Morgan fingerprint density at radius 2 is 2.16 bits per heavy atom. The topological polar surface area (TPSA) is 74.7 Å². The molecule has 3 N–H and O–H groups in total. The van der Waals surface area contributed by atoms with Crippen LogP contribution in [-0.2, 0) is 0 Å². The van der Waals surface area contributed by atoms with Crippen LogP contribution in [0, 0.1) is 0 Å². The van der Waals surface area contributed by atoms with Crippen molar-refractivity contribution in [2.45, 2.75) is 18.9 Å². The van der Waals surface area contributed by atoms with Crippen molar-refractivity contribution >= 4 is 22.4 Å². The summed E-state index contributed by atoms with van der Waals surface area (Å²) < 4.78 is 0. The highest BCUT2D eigenvalue weighted by Crippen LogP contribution is 2.36. The molecule has 19 heavy (non-hydrogen) atoms. The number of anilines is 1. The molecule has 1 aromatic heterocycles. The Morgan fingerprint density at radius 1 is 1.42 bits per heavy atom. The molecule has 5 heteroatoms. The summed E-state index contributed by atoms with van der Waals surface area (Å²) in [5.74, 6) is 0.0979. The Labute approximate surface area is 111 Å². The minimum absolute atomic E-state index is 0.0979. The molecule has 1 aliphatic carbocycles. The van der Waals surface area contributed by atoms with Crippen LogP contribution < -0.4 is 10.6 Å². The molecule has 5 nitrogen and oxygen atoms in total. The molecule has 1 heterocycles. The first-order valence-corrected chi connectivity index (χ1v) is 6.31. The normalized spacial score (nSPS) is 15.7. The summed E-state index contributed by atoms with van der Waals surface area (Å²) in [5, 5.41) is 13.1. The molecule has 1 aromatic carbocycles. The minimum Gasteiger partial charge on any atom is -0.409 e. The number of aromatic nitrogens is 1. The van der Waals surface area contributed by atoms with Crippen molar-refractivity contribution in [3.05, 3.63) is 36.0 Å². The van der Waals surface area contributed by atoms with E-state index in [2.05, 4.69) is 15.0 Å². The summed E-state index contributed by atoms with van der Waals surface area (Å²) in [5.41, 5.74) is 8.36. The molecule has 0 radical (unpaired) electrons. The van der Waals surface area contributed by atoms with Crippen LogP contribution in [0.15, 0.2) is 35.6 Å². The maximum absolute atomic E-state index is 8.94. The fourth-order valence-corrected chi connectivity index (χ4v) is 2.39. The molecule has 1 fully saturated rings. The number of pyridine rings is 1. The standard InChI is InChI=1S/C14H16N4O/c1-18(9-6-7-9)13-10-4-2-3-5-12(10)16-8-11(13)14(15)17-19/h2-5,8-9,19H,6-7H2,1H3,(H2,15,17). The van der Waals surface area contributed by atoms with E-state index < -0.39 is 0 Å². The SMILES string of the molecule is CN(c1c(/C(N)=N/O)cnc2ccccc12)C1CC1. The number of nitrogens with two attached hydrogens (primary N) is 1. The lowest BCUT2D eigenvalue weighted by Crippen LogP contribution is -2.25. The molecule has 0 spiro atoms. The zero-order chi connectivity index (χ0) is 13.4. The van der Waals surface area contributed by atoms with Crippen molar-refractivity contribution in [2.75, 3.05) is 11.9 Å². The number of nitrogens with zero attached hydrogens (tertiary/aromatic N) is 3. The van der Waals surface area contributed by atoms with E-state index in [-0.39, 0.29) is 5.84 Å². The van der Waals surface area contributed by atoms with Gasteiger partial charge in [0.25, 0.3) is 0 Å². The Bertz CT molecular complexity index is 649. The molecule has 2 aromatic rings. The predicted octanol–water partition coefficient (Wildman–Crippen LogP) is 1.93. The van der Waals surface area contributed by atoms with Crippen LogP contribution in [-0.4, -0.2) is 29.1 Å². The van der Waals surface area contributed by atoms with Crippen molar-refractivity contribution in [3.63, 3.8) is 0 Å². The van der Waals surface area contributed by atoms with E-state index in [0.29, 0.717) is 11.6 Å². The summed E-state index contributed by atoms with van der Waals surface area (Å²) in [6, 6.07) is 8.46. The highest BCUT2D eigenvalue weighted by atomic mass is 16.4.